The molecule has 224 valence electrons. The van der Waals surface area contributed by atoms with Gasteiger partial charge in [-0.25, -0.2) is 4.98 Å². The number of rotatable bonds is 15. The monoisotopic (exact) mass is 577 g/mol. The van der Waals surface area contributed by atoms with Crippen LogP contribution in [0.3, 0.4) is 0 Å². The number of aromatic nitrogens is 1. The average molecular weight is 578 g/mol. The van der Waals surface area contributed by atoms with Crippen molar-refractivity contribution in [1.29, 1.82) is 0 Å². The molecule has 2 aromatic carbocycles. The van der Waals surface area contributed by atoms with Crippen LogP contribution < -0.4 is 25.8 Å². The molecule has 1 amide bonds. The highest BCUT2D eigenvalue weighted by atomic mass is 16.6. The molecule has 1 aliphatic carbocycles. The molecular weight excluding hydrogens is 538 g/mol. The molecule has 1 aromatic heterocycles. The Kier molecular flexibility index (Phi) is 10.3. The number of aliphatic hydroxyl groups is 1. The van der Waals surface area contributed by atoms with Gasteiger partial charge in [-0.05, 0) is 68.9 Å². The fourth-order valence-corrected chi connectivity index (χ4v) is 5.02. The third-order valence-corrected chi connectivity index (χ3v) is 7.30. The maximum absolute atomic E-state index is 11.6. The summed E-state index contributed by atoms with van der Waals surface area (Å²) in [5, 5.41) is 28.9. The van der Waals surface area contributed by atoms with Crippen molar-refractivity contribution in [2.24, 2.45) is 11.7 Å². The Morgan fingerprint density at radius 3 is 2.55 bits per heavy atom. The number of nitro benzene ring substituents is 1. The van der Waals surface area contributed by atoms with Gasteiger partial charge in [0.1, 0.15) is 24.2 Å². The topological polar surface area (TPSA) is 162 Å². The summed E-state index contributed by atoms with van der Waals surface area (Å²) in [4.78, 5) is 26.5. The zero-order chi connectivity index (χ0) is 30.1. The van der Waals surface area contributed by atoms with E-state index in [0.717, 1.165) is 18.4 Å². The lowest BCUT2D eigenvalue weighted by molar-refractivity contribution is -0.384. The van der Waals surface area contributed by atoms with Crippen molar-refractivity contribution in [2.45, 2.75) is 57.6 Å². The molecule has 11 heteroatoms. The third kappa shape index (κ3) is 8.89. The van der Waals surface area contributed by atoms with E-state index < -0.39 is 16.9 Å². The Bertz CT molecular complexity index is 1340. The molecule has 1 fully saturated rings. The minimum absolute atomic E-state index is 0.0111. The summed E-state index contributed by atoms with van der Waals surface area (Å²) in [7, 11) is 0. The van der Waals surface area contributed by atoms with Gasteiger partial charge in [0.25, 0.3) is 5.69 Å². The summed E-state index contributed by atoms with van der Waals surface area (Å²) < 4.78 is 11.6. The highest BCUT2D eigenvalue weighted by molar-refractivity contribution is 5.92. The molecular formula is C31H39N5O6. The smallest absolute Gasteiger partial charge is 0.296 e. The molecule has 1 heterocycles. The third-order valence-electron chi connectivity index (χ3n) is 7.30. The van der Waals surface area contributed by atoms with Crippen LogP contribution in [0.5, 0.6) is 17.4 Å². The van der Waals surface area contributed by atoms with Crippen LogP contribution in [-0.2, 0) is 6.42 Å². The van der Waals surface area contributed by atoms with Gasteiger partial charge in [0.15, 0.2) is 5.69 Å². The number of carbonyl (C=O) groups excluding carboxylic acids is 1. The first-order chi connectivity index (χ1) is 20.1. The lowest BCUT2D eigenvalue weighted by Gasteiger charge is -2.28. The van der Waals surface area contributed by atoms with Gasteiger partial charge in [0, 0.05) is 37.0 Å². The molecule has 11 nitrogen and oxygen atoms in total. The number of primary amides is 1. The van der Waals surface area contributed by atoms with Crippen molar-refractivity contribution >= 4 is 17.3 Å². The highest BCUT2D eigenvalue weighted by Gasteiger charge is 2.23. The van der Waals surface area contributed by atoms with E-state index in [4.69, 9.17) is 15.2 Å². The predicted octanol–water partition coefficient (Wildman–Crippen LogP) is 4.83. The normalized spacial score (nSPS) is 14.4. The lowest BCUT2D eigenvalue weighted by Crippen LogP contribution is -2.46. The second kappa shape index (κ2) is 14.1. The first-order valence-corrected chi connectivity index (χ1v) is 14.2. The number of benzene rings is 2. The van der Waals surface area contributed by atoms with Crippen LogP contribution in [0.15, 0.2) is 60.8 Å². The van der Waals surface area contributed by atoms with E-state index in [1.54, 1.807) is 24.3 Å². The number of nitro groups is 1. The SMILES string of the molecule is CC(C)(Cc1ccc(Oc2ccc(C(N)=O)cn2)cc1)NCC(O)COc1cccc([N+](=O)[O-])c1NCC1CCCC1. The summed E-state index contributed by atoms with van der Waals surface area (Å²) in [6.07, 6.45) is 5.85. The minimum Gasteiger partial charge on any atom is -0.488 e. The van der Waals surface area contributed by atoms with E-state index in [0.29, 0.717) is 47.5 Å². The molecule has 42 heavy (non-hydrogen) atoms. The Labute approximate surface area is 245 Å². The largest absolute Gasteiger partial charge is 0.488 e. The van der Waals surface area contributed by atoms with Crippen molar-refractivity contribution in [3.05, 3.63) is 82.0 Å². The maximum atomic E-state index is 11.6. The number of nitrogens with two attached hydrogens (primary N) is 1. The molecule has 1 aliphatic rings. The molecule has 0 radical (unpaired) electrons. The zero-order valence-corrected chi connectivity index (χ0v) is 24.0. The van der Waals surface area contributed by atoms with Crippen LogP contribution in [-0.4, -0.2) is 52.3 Å². The van der Waals surface area contributed by atoms with Gasteiger partial charge in [-0.15, -0.1) is 0 Å². The van der Waals surface area contributed by atoms with Crippen molar-refractivity contribution in [3.8, 4) is 17.4 Å². The summed E-state index contributed by atoms with van der Waals surface area (Å²) >= 11 is 0. The van der Waals surface area contributed by atoms with Gasteiger partial charge in [-0.3, -0.25) is 14.9 Å². The quantitative estimate of drug-likeness (QED) is 0.146. The Hall–Kier alpha value is -4.22. The molecule has 5 N–H and O–H groups in total. The van der Waals surface area contributed by atoms with Crippen LogP contribution in [0.4, 0.5) is 11.4 Å². The maximum Gasteiger partial charge on any atom is 0.296 e. The van der Waals surface area contributed by atoms with E-state index in [1.165, 1.54) is 25.1 Å². The number of hydrogen-bond donors (Lipinski definition) is 4. The summed E-state index contributed by atoms with van der Waals surface area (Å²) in [6, 6.07) is 15.5. The molecule has 4 rings (SSSR count). The van der Waals surface area contributed by atoms with Crippen molar-refractivity contribution in [1.82, 2.24) is 10.3 Å². The van der Waals surface area contributed by atoms with Gasteiger partial charge in [0.2, 0.25) is 11.8 Å². The number of aliphatic hydroxyl groups excluding tert-OH is 1. The van der Waals surface area contributed by atoms with Gasteiger partial charge in [-0.1, -0.05) is 31.0 Å². The number of ether oxygens (including phenoxy) is 2. The standard InChI is InChI=1S/C31H39N5O6/c1-31(2,16-21-10-13-25(14-11-21)42-28-15-12-23(18-33-28)30(32)38)35-19-24(37)20-41-27-9-5-8-26(36(39)40)29(27)34-17-22-6-3-4-7-22/h5,8-15,18,22,24,34-35,37H,3-4,6-7,16-17,19-20H2,1-2H3,(H2,32,38). The van der Waals surface area contributed by atoms with Gasteiger partial charge >= 0.3 is 0 Å². The van der Waals surface area contributed by atoms with Gasteiger partial charge in [-0.2, -0.15) is 0 Å². The number of β-amino-alcohol motifs (C(OH)–C–C–N with tert-alkyl or cyclic N) is 1. The minimum atomic E-state index is -0.824. The second-order valence-corrected chi connectivity index (χ2v) is 11.3. The summed E-state index contributed by atoms with van der Waals surface area (Å²) in [6.45, 7) is 5.01. The number of amides is 1. The Balaban J connectivity index is 1.26. The number of nitrogens with zero attached hydrogens (tertiary/aromatic N) is 2. The molecule has 1 saturated carbocycles. The molecule has 0 bridgehead atoms. The van der Waals surface area contributed by atoms with E-state index >= 15 is 0 Å². The summed E-state index contributed by atoms with van der Waals surface area (Å²) in [5.74, 6) is 1.27. The molecule has 0 spiro atoms. The summed E-state index contributed by atoms with van der Waals surface area (Å²) in [5.41, 5.74) is 6.61. The Morgan fingerprint density at radius 2 is 1.90 bits per heavy atom. The zero-order valence-electron chi connectivity index (χ0n) is 24.0. The van der Waals surface area contributed by atoms with Gasteiger partial charge < -0.3 is 30.9 Å². The number of pyridine rings is 1. The number of para-hydroxylation sites is 1. The molecule has 1 unspecified atom stereocenters. The van der Waals surface area contributed by atoms with Gasteiger partial charge in [0.05, 0.1) is 10.5 Å². The predicted molar refractivity (Wildman–Crippen MR) is 160 cm³/mol. The first-order valence-electron chi connectivity index (χ1n) is 14.2. The van der Waals surface area contributed by atoms with Crippen LogP contribution in [0.1, 0.15) is 55.5 Å². The number of hydrogen-bond acceptors (Lipinski definition) is 9. The fraction of sp³-hybridized carbons (Fsp3) is 0.419. The molecule has 0 aliphatic heterocycles. The first kappa shape index (κ1) is 30.7. The fourth-order valence-electron chi connectivity index (χ4n) is 5.02. The number of carbonyl (C=O) groups is 1. The van der Waals surface area contributed by atoms with Crippen LogP contribution in [0, 0.1) is 16.0 Å². The van der Waals surface area contributed by atoms with E-state index in [2.05, 4.69) is 15.6 Å². The Morgan fingerprint density at radius 1 is 1.17 bits per heavy atom. The van der Waals surface area contributed by atoms with Crippen LogP contribution in [0.2, 0.25) is 0 Å². The van der Waals surface area contributed by atoms with E-state index in [9.17, 15) is 20.0 Å². The lowest BCUT2D eigenvalue weighted by atomic mass is 9.94. The molecule has 1 atom stereocenters. The van der Waals surface area contributed by atoms with E-state index in [-0.39, 0.29) is 24.4 Å². The van der Waals surface area contributed by atoms with E-state index in [1.807, 2.05) is 38.1 Å². The van der Waals surface area contributed by atoms with Crippen molar-refractivity contribution < 1.29 is 24.3 Å². The number of nitrogens with one attached hydrogen (secondary N) is 2. The van der Waals surface area contributed by atoms with Crippen molar-refractivity contribution in [2.75, 3.05) is 25.0 Å². The average Bonchev–Trinajstić information content (AvgIpc) is 3.49. The second-order valence-electron chi connectivity index (χ2n) is 11.3. The molecule has 3 aromatic rings. The highest BCUT2D eigenvalue weighted by Crippen LogP contribution is 2.35. The van der Waals surface area contributed by atoms with Crippen molar-refractivity contribution in [3.63, 3.8) is 0 Å². The molecule has 0 saturated heterocycles. The van der Waals surface area contributed by atoms with Crippen LogP contribution >= 0.6 is 0 Å². The van der Waals surface area contributed by atoms with Crippen LogP contribution in [0.25, 0.3) is 0 Å². The number of anilines is 1.